The second-order valence-electron chi connectivity index (χ2n) is 3.99. The Kier molecular flexibility index (Phi) is 5.01. The Hall–Kier alpha value is -0.870. The predicted molar refractivity (Wildman–Crippen MR) is 72.1 cm³/mol. The number of hydrogen-bond acceptors (Lipinski definition) is 4. The molecule has 1 aliphatic rings. The monoisotopic (exact) mass is 253 g/mol. The number of nitrogens with one attached hydrogen (secondary N) is 1. The lowest BCUT2D eigenvalue weighted by atomic mass is 10.2. The summed E-state index contributed by atoms with van der Waals surface area (Å²) in [4.78, 5) is 0. The molecule has 17 heavy (non-hydrogen) atoms. The topological polar surface area (TPSA) is 30.5 Å². The number of ether oxygens (including phenoxy) is 2. The van der Waals surface area contributed by atoms with Crippen LogP contribution >= 0.6 is 11.8 Å². The van der Waals surface area contributed by atoms with E-state index < -0.39 is 0 Å². The van der Waals surface area contributed by atoms with Gasteiger partial charge in [0.1, 0.15) is 18.1 Å². The quantitative estimate of drug-likeness (QED) is 0.816. The normalized spacial score (nSPS) is 14.6. The van der Waals surface area contributed by atoms with Gasteiger partial charge < -0.3 is 14.8 Å². The molecule has 0 atom stereocenters. The number of thioether (sulfide) groups is 1. The summed E-state index contributed by atoms with van der Waals surface area (Å²) in [6.07, 6.45) is 3.20. The minimum absolute atomic E-state index is 0.725. The summed E-state index contributed by atoms with van der Waals surface area (Å²) in [5.41, 5.74) is 1.21. The van der Waals surface area contributed by atoms with Crippen LogP contribution in [0.4, 0.5) is 0 Å². The van der Waals surface area contributed by atoms with Crippen molar-refractivity contribution in [1.82, 2.24) is 5.32 Å². The molecule has 0 spiro atoms. The summed E-state index contributed by atoms with van der Waals surface area (Å²) in [5, 5.41) is 3.31. The highest BCUT2D eigenvalue weighted by atomic mass is 32.2. The van der Waals surface area contributed by atoms with Gasteiger partial charge in [0, 0.05) is 24.7 Å². The number of rotatable bonds is 5. The molecule has 1 aromatic carbocycles. The molecule has 0 fully saturated rings. The maximum absolute atomic E-state index is 5.70. The molecule has 1 aliphatic heterocycles. The Bertz CT molecular complexity index is 357. The van der Waals surface area contributed by atoms with Crippen molar-refractivity contribution in [2.75, 3.05) is 31.8 Å². The summed E-state index contributed by atoms with van der Waals surface area (Å²) >= 11 is 1.85. The van der Waals surface area contributed by atoms with Gasteiger partial charge in [0.05, 0.1) is 6.61 Å². The summed E-state index contributed by atoms with van der Waals surface area (Å²) in [6, 6.07) is 6.10. The Morgan fingerprint density at radius 3 is 3.29 bits per heavy atom. The van der Waals surface area contributed by atoms with Crippen molar-refractivity contribution in [3.8, 4) is 11.5 Å². The molecule has 1 N–H and O–H groups in total. The average molecular weight is 253 g/mol. The summed E-state index contributed by atoms with van der Waals surface area (Å²) in [6.45, 7) is 3.28. The zero-order valence-electron chi connectivity index (χ0n) is 10.2. The van der Waals surface area contributed by atoms with Crippen molar-refractivity contribution >= 4 is 11.8 Å². The molecule has 0 radical (unpaired) electrons. The van der Waals surface area contributed by atoms with E-state index in [4.69, 9.17) is 9.47 Å². The molecule has 0 unspecified atom stereocenters. The van der Waals surface area contributed by atoms with Crippen LogP contribution < -0.4 is 14.8 Å². The van der Waals surface area contributed by atoms with E-state index in [2.05, 4.69) is 17.6 Å². The molecular formula is C13H19NO2S. The lowest BCUT2D eigenvalue weighted by molar-refractivity contribution is 0.306. The molecule has 0 bridgehead atoms. The Labute approximate surface area is 107 Å². The summed E-state index contributed by atoms with van der Waals surface area (Å²) in [5.74, 6) is 3.01. The Balaban J connectivity index is 1.93. The maximum atomic E-state index is 5.70. The van der Waals surface area contributed by atoms with Crippen molar-refractivity contribution in [1.29, 1.82) is 0 Å². The van der Waals surface area contributed by atoms with Crippen LogP contribution in [0.25, 0.3) is 0 Å². The number of benzene rings is 1. The fraction of sp³-hybridized carbons (Fsp3) is 0.538. The van der Waals surface area contributed by atoms with E-state index in [1.165, 1.54) is 5.56 Å². The third kappa shape index (κ3) is 3.82. The highest BCUT2D eigenvalue weighted by Gasteiger charge is 2.09. The Morgan fingerprint density at radius 1 is 1.47 bits per heavy atom. The molecule has 1 aromatic rings. The van der Waals surface area contributed by atoms with Gasteiger partial charge in [-0.15, -0.1) is 0 Å². The summed E-state index contributed by atoms with van der Waals surface area (Å²) < 4.78 is 11.4. The van der Waals surface area contributed by atoms with Gasteiger partial charge in [0.15, 0.2) is 0 Å². The van der Waals surface area contributed by atoms with Gasteiger partial charge in [-0.2, -0.15) is 11.8 Å². The molecule has 94 valence electrons. The second-order valence-corrected chi connectivity index (χ2v) is 4.98. The van der Waals surface area contributed by atoms with E-state index in [0.29, 0.717) is 0 Å². The smallest absolute Gasteiger partial charge is 0.127 e. The molecule has 0 aromatic heterocycles. The van der Waals surface area contributed by atoms with E-state index in [-0.39, 0.29) is 0 Å². The van der Waals surface area contributed by atoms with E-state index >= 15 is 0 Å². The average Bonchev–Trinajstić information content (AvgIpc) is 2.59. The molecule has 0 saturated heterocycles. The van der Waals surface area contributed by atoms with Gasteiger partial charge in [-0.1, -0.05) is 6.07 Å². The van der Waals surface area contributed by atoms with Gasteiger partial charge in [-0.05, 0) is 24.5 Å². The molecule has 0 saturated carbocycles. The first kappa shape index (κ1) is 12.6. The van der Waals surface area contributed by atoms with E-state index in [1.807, 2.05) is 23.9 Å². The van der Waals surface area contributed by atoms with Crippen LogP contribution in [0, 0.1) is 0 Å². The highest BCUT2D eigenvalue weighted by molar-refractivity contribution is 7.98. The van der Waals surface area contributed by atoms with E-state index in [0.717, 1.165) is 50.0 Å². The van der Waals surface area contributed by atoms with Crippen LogP contribution in [0.1, 0.15) is 12.0 Å². The zero-order valence-corrected chi connectivity index (χ0v) is 11.0. The lowest BCUT2D eigenvalue weighted by Gasteiger charge is -2.10. The Morgan fingerprint density at radius 2 is 2.41 bits per heavy atom. The number of fused-ring (bicyclic) bond motifs is 1. The van der Waals surface area contributed by atoms with Gasteiger partial charge >= 0.3 is 0 Å². The van der Waals surface area contributed by atoms with Crippen LogP contribution in [0.15, 0.2) is 18.2 Å². The van der Waals surface area contributed by atoms with Crippen molar-refractivity contribution < 1.29 is 9.47 Å². The largest absolute Gasteiger partial charge is 0.493 e. The minimum Gasteiger partial charge on any atom is -0.493 e. The third-order valence-corrected chi connectivity index (χ3v) is 3.35. The van der Waals surface area contributed by atoms with Crippen LogP contribution in [0.5, 0.6) is 11.5 Å². The molecule has 1 heterocycles. The lowest BCUT2D eigenvalue weighted by Crippen LogP contribution is -2.16. The first-order chi connectivity index (χ1) is 8.40. The summed E-state index contributed by atoms with van der Waals surface area (Å²) in [7, 11) is 0. The van der Waals surface area contributed by atoms with Gasteiger partial charge in [0.2, 0.25) is 0 Å². The zero-order chi connectivity index (χ0) is 11.9. The van der Waals surface area contributed by atoms with Crippen LogP contribution in [0.2, 0.25) is 0 Å². The standard InChI is InChI=1S/C13H19NO2S/c1-17-8-2-6-15-12-4-3-11-10-14-5-7-16-13(11)9-12/h3-4,9,14H,2,5-8,10H2,1H3. The first-order valence-electron chi connectivity index (χ1n) is 5.98. The van der Waals surface area contributed by atoms with Crippen LogP contribution in [0.3, 0.4) is 0 Å². The SMILES string of the molecule is CSCCCOc1ccc2c(c1)OCCNC2. The van der Waals surface area contributed by atoms with Gasteiger partial charge in [0.25, 0.3) is 0 Å². The molecule has 2 rings (SSSR count). The van der Waals surface area contributed by atoms with Crippen molar-refractivity contribution in [3.05, 3.63) is 23.8 Å². The van der Waals surface area contributed by atoms with E-state index in [1.54, 1.807) is 0 Å². The number of hydrogen-bond donors (Lipinski definition) is 1. The van der Waals surface area contributed by atoms with E-state index in [9.17, 15) is 0 Å². The maximum Gasteiger partial charge on any atom is 0.127 e. The fourth-order valence-corrected chi connectivity index (χ4v) is 2.16. The van der Waals surface area contributed by atoms with Crippen molar-refractivity contribution in [2.24, 2.45) is 0 Å². The predicted octanol–water partition coefficient (Wildman–Crippen LogP) is 2.30. The molecule has 0 amide bonds. The molecule has 4 heteroatoms. The molecule has 3 nitrogen and oxygen atoms in total. The van der Waals surface area contributed by atoms with Crippen molar-refractivity contribution in [2.45, 2.75) is 13.0 Å². The van der Waals surface area contributed by atoms with Gasteiger partial charge in [-0.25, -0.2) is 0 Å². The van der Waals surface area contributed by atoms with Crippen molar-refractivity contribution in [3.63, 3.8) is 0 Å². The minimum atomic E-state index is 0.725. The van der Waals surface area contributed by atoms with Crippen LogP contribution in [-0.2, 0) is 6.54 Å². The fourth-order valence-electron chi connectivity index (χ4n) is 1.75. The van der Waals surface area contributed by atoms with Crippen LogP contribution in [-0.4, -0.2) is 31.8 Å². The highest BCUT2D eigenvalue weighted by Crippen LogP contribution is 2.26. The molecule has 0 aliphatic carbocycles. The third-order valence-electron chi connectivity index (χ3n) is 2.65. The first-order valence-corrected chi connectivity index (χ1v) is 7.38. The second kappa shape index (κ2) is 6.77. The molecular weight excluding hydrogens is 234 g/mol. The van der Waals surface area contributed by atoms with Gasteiger partial charge in [-0.3, -0.25) is 0 Å².